The molecule has 1 heterocycles. The number of aromatic nitrogens is 2. The molecule has 0 aliphatic carbocycles. The molecule has 2 aromatic rings. The molecule has 0 saturated carbocycles. The molecule has 0 atom stereocenters. The van der Waals surface area contributed by atoms with Gasteiger partial charge in [0.1, 0.15) is 5.69 Å². The lowest BCUT2D eigenvalue weighted by molar-refractivity contribution is -0.141. The van der Waals surface area contributed by atoms with Gasteiger partial charge in [-0.3, -0.25) is 5.10 Å². The summed E-state index contributed by atoms with van der Waals surface area (Å²) in [5, 5.41) is 5.71. The number of hydrogen-bond donors (Lipinski definition) is 1. The van der Waals surface area contributed by atoms with E-state index in [0.29, 0.717) is 5.56 Å². The summed E-state index contributed by atoms with van der Waals surface area (Å²) in [6.07, 6.45) is -4.44. The van der Waals surface area contributed by atoms with Gasteiger partial charge in [0.15, 0.2) is 5.69 Å². The lowest BCUT2D eigenvalue weighted by atomic mass is 10.1. The highest BCUT2D eigenvalue weighted by atomic mass is 79.9. The van der Waals surface area contributed by atoms with E-state index in [1.165, 1.54) is 0 Å². The maximum Gasteiger partial charge on any atom is 0.433 e. The van der Waals surface area contributed by atoms with Crippen molar-refractivity contribution in [3.63, 3.8) is 0 Å². The van der Waals surface area contributed by atoms with Gasteiger partial charge in [0.2, 0.25) is 0 Å². The van der Waals surface area contributed by atoms with Crippen LogP contribution in [0.3, 0.4) is 0 Å². The topological polar surface area (TPSA) is 28.7 Å². The van der Waals surface area contributed by atoms with Crippen molar-refractivity contribution in [2.24, 2.45) is 0 Å². The Morgan fingerprint density at radius 2 is 2.00 bits per heavy atom. The van der Waals surface area contributed by atoms with Gasteiger partial charge in [0, 0.05) is 5.56 Å². The number of hydrogen-bond acceptors (Lipinski definition) is 1. The van der Waals surface area contributed by atoms with Crippen molar-refractivity contribution >= 4 is 15.9 Å². The molecule has 1 aromatic carbocycles. The first-order valence-corrected chi connectivity index (χ1v) is 5.57. The van der Waals surface area contributed by atoms with Crippen molar-refractivity contribution in [1.82, 2.24) is 10.2 Å². The summed E-state index contributed by atoms with van der Waals surface area (Å²) in [7, 11) is 0. The Morgan fingerprint density at radius 3 is 2.53 bits per heavy atom. The molecule has 0 amide bonds. The molecular formula is C11H8BrF3N2. The molecule has 0 spiro atoms. The van der Waals surface area contributed by atoms with Gasteiger partial charge in [-0.25, -0.2) is 0 Å². The molecule has 0 bridgehead atoms. The van der Waals surface area contributed by atoms with Crippen LogP contribution in [-0.4, -0.2) is 10.2 Å². The van der Waals surface area contributed by atoms with Gasteiger partial charge in [-0.1, -0.05) is 23.8 Å². The van der Waals surface area contributed by atoms with Crippen LogP contribution < -0.4 is 0 Å². The van der Waals surface area contributed by atoms with E-state index < -0.39 is 11.9 Å². The molecule has 0 unspecified atom stereocenters. The van der Waals surface area contributed by atoms with Gasteiger partial charge in [-0.2, -0.15) is 18.3 Å². The summed E-state index contributed by atoms with van der Waals surface area (Å²) in [6, 6.07) is 7.14. The highest BCUT2D eigenvalue weighted by Gasteiger charge is 2.36. The fraction of sp³-hybridized carbons (Fsp3) is 0.182. The van der Waals surface area contributed by atoms with Crippen molar-refractivity contribution in [2.75, 3.05) is 0 Å². The molecule has 0 saturated heterocycles. The molecule has 0 radical (unpaired) electrons. The Hall–Kier alpha value is -1.30. The standard InChI is InChI=1S/C11H8BrF3N2/c1-6-3-2-4-7(5-6)9-8(12)10(17-16-9)11(13,14)15/h2-5H,1H3,(H,16,17). The summed E-state index contributed by atoms with van der Waals surface area (Å²) >= 11 is 2.93. The molecular weight excluding hydrogens is 297 g/mol. The minimum Gasteiger partial charge on any atom is -0.272 e. The van der Waals surface area contributed by atoms with Crippen molar-refractivity contribution < 1.29 is 13.2 Å². The Bertz CT molecular complexity index is 546. The van der Waals surface area contributed by atoms with Crippen LogP contribution in [0.1, 0.15) is 11.3 Å². The van der Waals surface area contributed by atoms with E-state index in [-0.39, 0.29) is 10.2 Å². The summed E-state index contributed by atoms with van der Waals surface area (Å²) in [6.45, 7) is 1.87. The van der Waals surface area contributed by atoms with Gasteiger partial charge in [-0.15, -0.1) is 0 Å². The zero-order valence-corrected chi connectivity index (χ0v) is 10.4. The lowest BCUT2D eigenvalue weighted by Crippen LogP contribution is -2.06. The Balaban J connectivity index is 2.52. The Labute approximate surface area is 104 Å². The minimum absolute atomic E-state index is 0.0596. The van der Waals surface area contributed by atoms with E-state index in [1.54, 1.807) is 18.2 Å². The maximum absolute atomic E-state index is 12.6. The molecule has 0 fully saturated rings. The number of alkyl halides is 3. The van der Waals surface area contributed by atoms with E-state index in [2.05, 4.69) is 21.0 Å². The van der Waals surface area contributed by atoms with E-state index in [0.717, 1.165) is 5.56 Å². The molecule has 1 N–H and O–H groups in total. The number of nitrogens with one attached hydrogen (secondary N) is 1. The van der Waals surface area contributed by atoms with Gasteiger partial charge in [0.05, 0.1) is 4.47 Å². The van der Waals surface area contributed by atoms with Crippen molar-refractivity contribution in [2.45, 2.75) is 13.1 Å². The first-order chi connectivity index (χ1) is 7.89. The smallest absolute Gasteiger partial charge is 0.272 e. The summed E-state index contributed by atoms with van der Waals surface area (Å²) in [5.74, 6) is 0. The first-order valence-electron chi connectivity index (χ1n) is 4.77. The lowest BCUT2D eigenvalue weighted by Gasteiger charge is -2.03. The van der Waals surface area contributed by atoms with Crippen LogP contribution in [0.2, 0.25) is 0 Å². The molecule has 90 valence electrons. The van der Waals surface area contributed by atoms with Crippen molar-refractivity contribution in [3.05, 3.63) is 40.0 Å². The van der Waals surface area contributed by atoms with E-state index in [1.807, 2.05) is 18.1 Å². The average molecular weight is 305 g/mol. The highest BCUT2D eigenvalue weighted by molar-refractivity contribution is 9.10. The van der Waals surface area contributed by atoms with Crippen molar-refractivity contribution in [1.29, 1.82) is 0 Å². The van der Waals surface area contributed by atoms with Gasteiger partial charge in [-0.05, 0) is 28.9 Å². The van der Waals surface area contributed by atoms with E-state index in [9.17, 15) is 13.2 Å². The van der Waals surface area contributed by atoms with Gasteiger partial charge in [0.25, 0.3) is 0 Å². The van der Waals surface area contributed by atoms with Crippen LogP contribution in [0.25, 0.3) is 11.3 Å². The van der Waals surface area contributed by atoms with Crippen LogP contribution in [-0.2, 0) is 6.18 Å². The monoisotopic (exact) mass is 304 g/mol. The zero-order valence-electron chi connectivity index (χ0n) is 8.77. The minimum atomic E-state index is -4.44. The second kappa shape index (κ2) is 4.18. The number of H-pyrrole nitrogens is 1. The number of aryl methyl sites for hydroxylation is 1. The van der Waals surface area contributed by atoms with Gasteiger partial charge >= 0.3 is 6.18 Å². The van der Waals surface area contributed by atoms with E-state index >= 15 is 0 Å². The molecule has 2 nitrogen and oxygen atoms in total. The molecule has 0 aliphatic rings. The van der Waals surface area contributed by atoms with Gasteiger partial charge < -0.3 is 0 Å². The number of aromatic amines is 1. The quantitative estimate of drug-likeness (QED) is 0.842. The van der Waals surface area contributed by atoms with Crippen LogP contribution >= 0.6 is 15.9 Å². The molecule has 17 heavy (non-hydrogen) atoms. The number of nitrogens with zero attached hydrogens (tertiary/aromatic N) is 1. The van der Waals surface area contributed by atoms with Crippen LogP contribution in [0.5, 0.6) is 0 Å². The summed E-state index contributed by atoms with van der Waals surface area (Å²) < 4.78 is 37.6. The molecule has 6 heteroatoms. The summed E-state index contributed by atoms with van der Waals surface area (Å²) in [5.41, 5.74) is 1.00. The number of benzene rings is 1. The third-order valence-corrected chi connectivity index (χ3v) is 3.05. The first kappa shape index (κ1) is 12.2. The maximum atomic E-state index is 12.6. The second-order valence-corrected chi connectivity index (χ2v) is 4.42. The Kier molecular flexibility index (Phi) is 2.99. The highest BCUT2D eigenvalue weighted by Crippen LogP contribution is 2.38. The zero-order chi connectivity index (χ0) is 12.6. The fourth-order valence-electron chi connectivity index (χ4n) is 1.50. The predicted octanol–water partition coefficient (Wildman–Crippen LogP) is 4.17. The molecule has 2 rings (SSSR count). The van der Waals surface area contributed by atoms with Crippen molar-refractivity contribution in [3.8, 4) is 11.3 Å². The fourth-order valence-corrected chi connectivity index (χ4v) is 2.13. The number of rotatable bonds is 1. The molecule has 1 aromatic heterocycles. The Morgan fingerprint density at radius 1 is 1.29 bits per heavy atom. The predicted molar refractivity (Wildman–Crippen MR) is 61.5 cm³/mol. The van der Waals surface area contributed by atoms with Crippen LogP contribution in [0.4, 0.5) is 13.2 Å². The third kappa shape index (κ3) is 2.36. The average Bonchev–Trinajstić information content (AvgIpc) is 2.59. The van der Waals surface area contributed by atoms with Crippen LogP contribution in [0, 0.1) is 6.92 Å². The largest absolute Gasteiger partial charge is 0.433 e. The molecule has 0 aliphatic heterocycles. The summed E-state index contributed by atoms with van der Waals surface area (Å²) in [4.78, 5) is 0. The van der Waals surface area contributed by atoms with Crippen LogP contribution in [0.15, 0.2) is 28.7 Å². The van der Waals surface area contributed by atoms with E-state index in [4.69, 9.17) is 0 Å². The second-order valence-electron chi connectivity index (χ2n) is 3.63. The number of halogens is 4. The normalized spacial score (nSPS) is 11.8. The SMILES string of the molecule is Cc1cccc(-c2n[nH]c(C(F)(F)F)c2Br)c1. The third-order valence-electron chi connectivity index (χ3n) is 2.28.